The van der Waals surface area contributed by atoms with Gasteiger partial charge in [0.15, 0.2) is 0 Å². The van der Waals surface area contributed by atoms with E-state index < -0.39 is 0 Å². The van der Waals surface area contributed by atoms with Crippen LogP contribution in [0.1, 0.15) is 53.3 Å². The van der Waals surface area contributed by atoms with E-state index in [0.717, 1.165) is 18.8 Å². The molecule has 1 atom stereocenters. The Bertz CT molecular complexity index is 390. The van der Waals surface area contributed by atoms with Crippen LogP contribution in [0.25, 0.3) is 0 Å². The van der Waals surface area contributed by atoms with Gasteiger partial charge in [-0.3, -0.25) is 4.79 Å². The molecule has 4 nitrogen and oxygen atoms in total. The van der Waals surface area contributed by atoms with Crippen LogP contribution in [0.15, 0.2) is 6.33 Å². The molecule has 0 fully saturated rings. The Kier molecular flexibility index (Phi) is 5.05. The molecular weight excluding hydrogens is 226 g/mol. The lowest BCUT2D eigenvalue weighted by atomic mass is 9.83. The van der Waals surface area contributed by atoms with Crippen molar-refractivity contribution in [2.45, 2.75) is 60.4 Å². The maximum atomic E-state index is 12.0. The van der Waals surface area contributed by atoms with Gasteiger partial charge in [0.1, 0.15) is 17.9 Å². The van der Waals surface area contributed by atoms with Crippen LogP contribution in [0.3, 0.4) is 0 Å². The zero-order valence-corrected chi connectivity index (χ0v) is 12.2. The highest BCUT2D eigenvalue weighted by molar-refractivity contribution is 5.80. The van der Waals surface area contributed by atoms with Gasteiger partial charge in [0, 0.05) is 13.0 Å². The van der Waals surface area contributed by atoms with E-state index in [0.29, 0.717) is 18.8 Å². The third kappa shape index (κ3) is 4.98. The molecule has 4 heteroatoms. The number of rotatable bonds is 6. The average molecular weight is 251 g/mol. The quantitative estimate of drug-likeness (QED) is 0.781. The van der Waals surface area contributed by atoms with Gasteiger partial charge in [0.05, 0.1) is 6.42 Å². The first-order valence-electron chi connectivity index (χ1n) is 6.70. The molecule has 18 heavy (non-hydrogen) atoms. The molecule has 0 saturated heterocycles. The van der Waals surface area contributed by atoms with E-state index >= 15 is 0 Å². The molecule has 1 aromatic heterocycles. The van der Waals surface area contributed by atoms with Crippen molar-refractivity contribution in [2.75, 3.05) is 0 Å². The van der Waals surface area contributed by atoms with Gasteiger partial charge >= 0.3 is 0 Å². The summed E-state index contributed by atoms with van der Waals surface area (Å²) in [6.45, 7) is 11.5. The molecule has 1 unspecified atom stereocenters. The number of hydrogen-bond donors (Lipinski definition) is 0. The van der Waals surface area contributed by atoms with E-state index in [1.807, 2.05) is 6.92 Å². The van der Waals surface area contributed by atoms with Crippen LogP contribution in [-0.4, -0.2) is 20.5 Å². The predicted molar refractivity (Wildman–Crippen MR) is 72.3 cm³/mol. The van der Waals surface area contributed by atoms with Crippen molar-refractivity contribution in [3.8, 4) is 0 Å². The molecule has 0 aliphatic rings. The first-order chi connectivity index (χ1) is 8.31. The second kappa shape index (κ2) is 6.12. The first-order valence-corrected chi connectivity index (χ1v) is 6.70. The number of hydrogen-bond acceptors (Lipinski definition) is 3. The molecule has 0 amide bonds. The number of aryl methyl sites for hydroxylation is 1. The van der Waals surface area contributed by atoms with Crippen molar-refractivity contribution in [3.63, 3.8) is 0 Å². The largest absolute Gasteiger partial charge is 0.299 e. The fraction of sp³-hybridized carbons (Fsp3) is 0.786. The molecule has 0 spiro atoms. The minimum Gasteiger partial charge on any atom is -0.299 e. The highest BCUT2D eigenvalue weighted by Crippen LogP contribution is 2.26. The third-order valence-corrected chi connectivity index (χ3v) is 2.89. The molecule has 0 aliphatic carbocycles. The zero-order valence-electron chi connectivity index (χ0n) is 12.2. The average Bonchev–Trinajstić information content (AvgIpc) is 2.61. The Morgan fingerprint density at radius 1 is 1.44 bits per heavy atom. The molecule has 1 rings (SSSR count). The van der Waals surface area contributed by atoms with Crippen molar-refractivity contribution in [2.24, 2.45) is 11.3 Å². The lowest BCUT2D eigenvalue weighted by molar-refractivity contribution is -0.119. The topological polar surface area (TPSA) is 47.8 Å². The van der Waals surface area contributed by atoms with Crippen LogP contribution in [0, 0.1) is 11.3 Å². The Morgan fingerprint density at radius 2 is 2.11 bits per heavy atom. The molecule has 102 valence electrons. The van der Waals surface area contributed by atoms with Crippen LogP contribution in [0.5, 0.6) is 0 Å². The van der Waals surface area contributed by atoms with Crippen molar-refractivity contribution in [1.29, 1.82) is 0 Å². The molecule has 0 bridgehead atoms. The Labute approximate surface area is 110 Å². The minimum absolute atomic E-state index is 0.259. The van der Waals surface area contributed by atoms with Gasteiger partial charge in [0.25, 0.3) is 0 Å². The summed E-state index contributed by atoms with van der Waals surface area (Å²) >= 11 is 0. The highest BCUT2D eigenvalue weighted by atomic mass is 16.1. The van der Waals surface area contributed by atoms with Crippen LogP contribution < -0.4 is 0 Å². The number of carbonyl (C=O) groups excluding carboxylic acids is 1. The van der Waals surface area contributed by atoms with Crippen LogP contribution >= 0.6 is 0 Å². The van der Waals surface area contributed by atoms with E-state index in [4.69, 9.17) is 0 Å². The van der Waals surface area contributed by atoms with E-state index in [9.17, 15) is 4.79 Å². The molecule has 0 radical (unpaired) electrons. The zero-order chi connectivity index (χ0) is 13.8. The van der Waals surface area contributed by atoms with Crippen molar-refractivity contribution in [1.82, 2.24) is 14.8 Å². The second-order valence-electron chi connectivity index (χ2n) is 6.28. The van der Waals surface area contributed by atoms with Gasteiger partial charge in [0.2, 0.25) is 0 Å². The van der Waals surface area contributed by atoms with Gasteiger partial charge < -0.3 is 0 Å². The highest BCUT2D eigenvalue weighted by Gasteiger charge is 2.18. The molecule has 0 aromatic carbocycles. The number of aromatic nitrogens is 3. The Hall–Kier alpha value is -1.19. The standard InChI is InChI=1S/C14H25N3O/c1-6-17-13(15-10-16-17)8-12(18)7-11(2)9-14(3,4)5/h10-11H,6-9H2,1-5H3. The van der Waals surface area contributed by atoms with Gasteiger partial charge in [-0.05, 0) is 24.7 Å². The number of nitrogens with zero attached hydrogens (tertiary/aromatic N) is 3. The summed E-state index contributed by atoms with van der Waals surface area (Å²) in [5.74, 6) is 1.47. The maximum absolute atomic E-state index is 12.0. The van der Waals surface area contributed by atoms with E-state index in [-0.39, 0.29) is 11.2 Å². The Balaban J connectivity index is 2.47. The number of carbonyl (C=O) groups is 1. The summed E-state index contributed by atoms with van der Waals surface area (Å²) in [4.78, 5) is 16.1. The Morgan fingerprint density at radius 3 is 2.67 bits per heavy atom. The van der Waals surface area contributed by atoms with Gasteiger partial charge in [-0.15, -0.1) is 0 Å². The number of ketones is 1. The summed E-state index contributed by atoms with van der Waals surface area (Å²) in [5.41, 5.74) is 0.281. The molecule has 1 heterocycles. The summed E-state index contributed by atoms with van der Waals surface area (Å²) in [6.07, 6.45) is 3.63. The molecule has 0 N–H and O–H groups in total. The summed E-state index contributed by atoms with van der Waals surface area (Å²) in [5, 5.41) is 4.08. The smallest absolute Gasteiger partial charge is 0.140 e. The summed E-state index contributed by atoms with van der Waals surface area (Å²) < 4.78 is 1.78. The lowest BCUT2D eigenvalue weighted by Gasteiger charge is -2.22. The van der Waals surface area contributed by atoms with Crippen LogP contribution in [0.2, 0.25) is 0 Å². The maximum Gasteiger partial charge on any atom is 0.140 e. The lowest BCUT2D eigenvalue weighted by Crippen LogP contribution is -2.17. The second-order valence-corrected chi connectivity index (χ2v) is 6.28. The van der Waals surface area contributed by atoms with Crippen molar-refractivity contribution >= 4 is 5.78 Å². The van der Waals surface area contributed by atoms with Crippen molar-refractivity contribution < 1.29 is 4.79 Å². The van der Waals surface area contributed by atoms with Gasteiger partial charge in [-0.1, -0.05) is 27.7 Å². The van der Waals surface area contributed by atoms with E-state index in [2.05, 4.69) is 37.8 Å². The fourth-order valence-electron chi connectivity index (χ4n) is 2.44. The first kappa shape index (κ1) is 14.9. The third-order valence-electron chi connectivity index (χ3n) is 2.89. The summed E-state index contributed by atoms with van der Waals surface area (Å²) in [7, 11) is 0. The SMILES string of the molecule is CCn1ncnc1CC(=O)CC(C)CC(C)(C)C. The molecular formula is C14H25N3O. The monoisotopic (exact) mass is 251 g/mol. The van der Waals surface area contributed by atoms with Gasteiger partial charge in [-0.25, -0.2) is 9.67 Å². The van der Waals surface area contributed by atoms with Crippen molar-refractivity contribution in [3.05, 3.63) is 12.2 Å². The minimum atomic E-state index is 0.259. The molecule has 1 aromatic rings. The van der Waals surface area contributed by atoms with Crippen LogP contribution in [0.4, 0.5) is 0 Å². The molecule has 0 aliphatic heterocycles. The van der Waals surface area contributed by atoms with E-state index in [1.54, 1.807) is 4.68 Å². The van der Waals surface area contributed by atoms with E-state index in [1.165, 1.54) is 6.33 Å². The normalized spacial score (nSPS) is 13.6. The fourth-order valence-corrected chi connectivity index (χ4v) is 2.44. The van der Waals surface area contributed by atoms with Crippen LogP contribution in [-0.2, 0) is 17.8 Å². The molecule has 0 saturated carbocycles. The predicted octanol–water partition coefficient (Wildman–Crippen LogP) is 2.87. The summed E-state index contributed by atoms with van der Waals surface area (Å²) in [6, 6.07) is 0. The van der Waals surface area contributed by atoms with Gasteiger partial charge in [-0.2, -0.15) is 5.10 Å². The number of Topliss-reactive ketones (excluding diaryl/α,β-unsaturated/α-hetero) is 1.